The maximum absolute atomic E-state index is 2.73. The lowest BCUT2D eigenvalue weighted by atomic mass is 11.2. The fraction of sp³-hybridized carbons (Fsp3) is 1.00. The molecule has 0 fully saturated rings. The summed E-state index contributed by atoms with van der Waals surface area (Å²) in [5.74, 6) is 0. The van der Waals surface area contributed by atoms with Crippen LogP contribution in [0.2, 0.25) is 0 Å². The largest absolute Gasteiger partial charge is 0.268 e. The Morgan fingerprint density at radius 3 is 1.75 bits per heavy atom. The Labute approximate surface area is 56.5 Å². The summed E-state index contributed by atoms with van der Waals surface area (Å²) in [6.45, 7) is 0. The van der Waals surface area contributed by atoms with Crippen molar-refractivity contribution in [3.05, 3.63) is 0 Å². The van der Waals surface area contributed by atoms with Crippen LogP contribution in [0.25, 0.3) is 0 Å². The van der Waals surface area contributed by atoms with Gasteiger partial charge in [-0.25, -0.2) is 0 Å². The van der Waals surface area contributed by atoms with Crippen LogP contribution in [-0.4, -0.2) is 36.4 Å². The van der Waals surface area contributed by atoms with Crippen molar-refractivity contribution in [2.24, 2.45) is 0 Å². The van der Waals surface area contributed by atoms with E-state index in [-0.39, 0.29) is 0 Å². The van der Waals surface area contributed by atoms with Crippen molar-refractivity contribution >= 4 is 19.5 Å². The summed E-state index contributed by atoms with van der Waals surface area (Å²) in [7, 11) is 4.44. The summed E-state index contributed by atoms with van der Waals surface area (Å²) in [6, 6.07) is 0. The molecule has 0 N–H and O–H groups in total. The lowest BCUT2D eigenvalue weighted by Crippen LogP contribution is -2.18. The smallest absolute Gasteiger partial charge is 0.0214 e. The second-order valence-corrected chi connectivity index (χ2v) is 7.12. The molecule has 0 aromatic carbocycles. The highest BCUT2D eigenvalue weighted by atomic mass is 32.3. The molecule has 0 saturated heterocycles. The van der Waals surface area contributed by atoms with Gasteiger partial charge in [-0.2, -0.15) is 10.2 Å². The van der Waals surface area contributed by atoms with Crippen molar-refractivity contribution in [2.45, 2.75) is 0 Å². The van der Waals surface area contributed by atoms with E-state index in [2.05, 4.69) is 39.4 Å². The van der Waals surface area contributed by atoms with Crippen molar-refractivity contribution in [1.29, 1.82) is 0 Å². The molecular weight excluding hydrogens is 137 g/mol. The van der Waals surface area contributed by atoms with Gasteiger partial charge in [-0.05, 0) is 25.8 Å². The summed E-state index contributed by atoms with van der Waals surface area (Å²) >= 11 is 0. The molecule has 8 heavy (non-hydrogen) atoms. The van der Waals surface area contributed by atoms with Gasteiger partial charge in [-0.3, -0.25) is 4.31 Å². The average Bonchev–Trinajstić information content (AvgIpc) is 1.62. The summed E-state index contributed by atoms with van der Waals surface area (Å²) < 4.78 is 2.36. The standard InChI is InChI=1S/C5H16NPS/c1-6(5-7)8(2,3)4/h5,7H2,1-4H3. The molecule has 0 aromatic heterocycles. The quantitative estimate of drug-likeness (QED) is 0.541. The van der Waals surface area contributed by atoms with Crippen LogP contribution in [0.1, 0.15) is 0 Å². The Morgan fingerprint density at radius 2 is 1.75 bits per heavy atom. The Balaban J connectivity index is 3.62. The van der Waals surface area contributed by atoms with E-state index < -0.39 is 10.2 Å². The monoisotopic (exact) mass is 153 g/mol. The molecule has 0 amide bonds. The zero-order valence-corrected chi connectivity index (χ0v) is 8.11. The van der Waals surface area contributed by atoms with E-state index >= 15 is 0 Å². The minimum Gasteiger partial charge on any atom is -0.268 e. The zero-order valence-electron chi connectivity index (χ0n) is 6.14. The Bertz CT molecular complexity index is 69.3. The predicted octanol–water partition coefficient (Wildman–Crippen LogP) is 1.36. The molecule has 0 saturated carbocycles. The molecular formula is C5H16NPS. The van der Waals surface area contributed by atoms with E-state index in [1.165, 1.54) is 0 Å². The molecule has 0 rings (SSSR count). The fourth-order valence-electron chi connectivity index (χ4n) is 0.224. The maximum atomic E-state index is 2.73. The SMILES string of the molecule is CN(CP)S(C)(C)C. The first kappa shape index (κ1) is 8.74. The van der Waals surface area contributed by atoms with Gasteiger partial charge in [0.25, 0.3) is 0 Å². The summed E-state index contributed by atoms with van der Waals surface area (Å²) in [5.41, 5.74) is 0. The second kappa shape index (κ2) is 3.05. The normalized spacial score (nSPS) is 14.8. The minimum atomic E-state index is -0.440. The highest BCUT2D eigenvalue weighted by molar-refractivity contribution is 8.30. The van der Waals surface area contributed by atoms with Crippen molar-refractivity contribution in [2.75, 3.05) is 32.1 Å². The van der Waals surface area contributed by atoms with Gasteiger partial charge in [0.05, 0.1) is 0 Å². The second-order valence-electron chi connectivity index (χ2n) is 2.58. The van der Waals surface area contributed by atoms with Crippen LogP contribution in [-0.2, 0) is 0 Å². The van der Waals surface area contributed by atoms with Gasteiger partial charge in [-0.1, -0.05) is 0 Å². The van der Waals surface area contributed by atoms with Gasteiger partial charge in [0.15, 0.2) is 0 Å². The fourth-order valence-corrected chi connectivity index (χ4v) is 2.01. The molecule has 1 nitrogen and oxygen atoms in total. The van der Waals surface area contributed by atoms with Crippen LogP contribution in [0.3, 0.4) is 0 Å². The molecule has 0 radical (unpaired) electrons. The van der Waals surface area contributed by atoms with Crippen LogP contribution in [0.4, 0.5) is 0 Å². The minimum absolute atomic E-state index is 0.440. The first-order valence-corrected chi connectivity index (χ1v) is 6.21. The average molecular weight is 153 g/mol. The van der Waals surface area contributed by atoms with Gasteiger partial charge < -0.3 is 0 Å². The summed E-state index contributed by atoms with van der Waals surface area (Å²) in [5, 5.41) is 0. The van der Waals surface area contributed by atoms with Crippen LogP contribution in [0.15, 0.2) is 0 Å². The van der Waals surface area contributed by atoms with E-state index in [0.29, 0.717) is 0 Å². The highest BCUT2D eigenvalue weighted by Gasteiger charge is 2.07. The molecule has 0 aliphatic carbocycles. The van der Waals surface area contributed by atoms with Gasteiger partial charge >= 0.3 is 0 Å². The topological polar surface area (TPSA) is 3.24 Å². The van der Waals surface area contributed by atoms with Crippen LogP contribution in [0, 0.1) is 0 Å². The third kappa shape index (κ3) is 2.91. The van der Waals surface area contributed by atoms with Gasteiger partial charge in [0.2, 0.25) is 0 Å². The van der Waals surface area contributed by atoms with E-state index in [4.69, 9.17) is 0 Å². The van der Waals surface area contributed by atoms with Crippen LogP contribution >= 0.6 is 19.5 Å². The lowest BCUT2D eigenvalue weighted by molar-refractivity contribution is 0.662. The van der Waals surface area contributed by atoms with Gasteiger partial charge in [-0.15, -0.1) is 9.24 Å². The number of rotatable bonds is 2. The third-order valence-electron chi connectivity index (χ3n) is 1.19. The first-order valence-electron chi connectivity index (χ1n) is 2.58. The molecule has 0 bridgehead atoms. The molecule has 3 heteroatoms. The number of hydrogen-bond acceptors (Lipinski definition) is 1. The van der Waals surface area contributed by atoms with Gasteiger partial charge in [0.1, 0.15) is 0 Å². The predicted molar refractivity (Wildman–Crippen MR) is 47.7 cm³/mol. The summed E-state index contributed by atoms with van der Waals surface area (Å²) in [4.78, 5) is 0. The Kier molecular flexibility index (Phi) is 3.33. The highest BCUT2D eigenvalue weighted by Crippen LogP contribution is 2.38. The Hall–Kier alpha value is 0.740. The number of nitrogens with zero attached hydrogens (tertiary/aromatic N) is 1. The Morgan fingerprint density at radius 1 is 1.38 bits per heavy atom. The van der Waals surface area contributed by atoms with Crippen molar-refractivity contribution < 1.29 is 0 Å². The molecule has 1 atom stereocenters. The van der Waals surface area contributed by atoms with Crippen molar-refractivity contribution in [3.63, 3.8) is 0 Å². The first-order chi connectivity index (χ1) is 3.48. The summed E-state index contributed by atoms with van der Waals surface area (Å²) in [6.07, 6.45) is 7.95. The molecule has 0 aromatic rings. The lowest BCUT2D eigenvalue weighted by Gasteiger charge is -2.35. The molecule has 1 unspecified atom stereocenters. The molecule has 0 heterocycles. The van der Waals surface area contributed by atoms with Crippen molar-refractivity contribution in [3.8, 4) is 0 Å². The maximum Gasteiger partial charge on any atom is 0.0214 e. The van der Waals surface area contributed by atoms with E-state index in [9.17, 15) is 0 Å². The molecule has 52 valence electrons. The van der Waals surface area contributed by atoms with E-state index in [1.807, 2.05) is 0 Å². The molecule has 0 aliphatic heterocycles. The van der Waals surface area contributed by atoms with Gasteiger partial charge in [0, 0.05) is 6.29 Å². The van der Waals surface area contributed by atoms with Crippen LogP contribution < -0.4 is 0 Å². The van der Waals surface area contributed by atoms with Crippen LogP contribution in [0.5, 0.6) is 0 Å². The zero-order chi connectivity index (χ0) is 6.78. The van der Waals surface area contributed by atoms with E-state index in [1.54, 1.807) is 0 Å². The third-order valence-corrected chi connectivity index (χ3v) is 4.02. The molecule has 0 spiro atoms. The van der Waals surface area contributed by atoms with Crippen molar-refractivity contribution in [1.82, 2.24) is 4.31 Å². The molecule has 0 aliphatic rings. The van der Waals surface area contributed by atoms with E-state index in [0.717, 1.165) is 6.29 Å². The number of hydrogen-bond donors (Lipinski definition) is 0.